The summed E-state index contributed by atoms with van der Waals surface area (Å²) in [7, 11) is 1.86. The molecule has 4 rings (SSSR count). The summed E-state index contributed by atoms with van der Waals surface area (Å²) in [5.41, 5.74) is 8.38. The van der Waals surface area contributed by atoms with Crippen molar-refractivity contribution in [2.75, 3.05) is 11.9 Å². The van der Waals surface area contributed by atoms with Crippen LogP contribution in [0.4, 0.5) is 10.5 Å². The summed E-state index contributed by atoms with van der Waals surface area (Å²) >= 11 is 0. The molecule has 1 aromatic carbocycles. The highest BCUT2D eigenvalue weighted by Gasteiger charge is 2.60. The van der Waals surface area contributed by atoms with Crippen molar-refractivity contribution in [3.63, 3.8) is 0 Å². The summed E-state index contributed by atoms with van der Waals surface area (Å²) in [4.78, 5) is 26.8. The maximum absolute atomic E-state index is 13.2. The Labute approximate surface area is 154 Å². The Kier molecular flexibility index (Phi) is 3.50. The third-order valence-electron chi connectivity index (χ3n) is 7.30. The third kappa shape index (κ3) is 2.09. The van der Waals surface area contributed by atoms with Crippen molar-refractivity contribution >= 4 is 17.7 Å². The maximum atomic E-state index is 13.2. The van der Waals surface area contributed by atoms with Gasteiger partial charge in [-0.15, -0.1) is 0 Å². The highest BCUT2D eigenvalue weighted by molar-refractivity contribution is 6.05. The Hall–Kier alpha value is -2.04. The molecular formula is C21H28N2O3. The number of hydrogen-bond acceptors (Lipinski definition) is 3. The van der Waals surface area contributed by atoms with E-state index in [1.807, 2.05) is 19.2 Å². The van der Waals surface area contributed by atoms with Crippen LogP contribution in [0.1, 0.15) is 63.5 Å². The van der Waals surface area contributed by atoms with Gasteiger partial charge in [0.15, 0.2) is 0 Å². The van der Waals surface area contributed by atoms with Crippen LogP contribution in [0, 0.1) is 16.7 Å². The Bertz CT molecular complexity index is 798. The van der Waals surface area contributed by atoms with E-state index in [0.717, 1.165) is 29.7 Å². The second-order valence-electron chi connectivity index (χ2n) is 9.44. The van der Waals surface area contributed by atoms with Crippen LogP contribution in [0.3, 0.4) is 0 Å². The van der Waals surface area contributed by atoms with Crippen LogP contribution in [0.25, 0.3) is 0 Å². The summed E-state index contributed by atoms with van der Waals surface area (Å²) in [5, 5.41) is 0. The standard InChI is InChI=1S/C21H28N2O3/c1-20(2)10-9-12-17(26-19(22)25)15(20)11-7-6-8-13-14(11)16(21(12,3)4)18(24)23(13)5/h6-8,12,15-17H,9-10H2,1-5H3,(H2,22,25)/t12-,15-,16+,17-/m0/s1. The highest BCUT2D eigenvalue weighted by Crippen LogP contribution is 2.64. The van der Waals surface area contributed by atoms with Crippen LogP contribution < -0.4 is 10.6 Å². The summed E-state index contributed by atoms with van der Waals surface area (Å²) in [6, 6.07) is 6.16. The van der Waals surface area contributed by atoms with E-state index in [4.69, 9.17) is 10.5 Å². The predicted molar refractivity (Wildman–Crippen MR) is 100 cm³/mol. The molecule has 26 heavy (non-hydrogen) atoms. The zero-order chi connectivity index (χ0) is 19.0. The van der Waals surface area contributed by atoms with Gasteiger partial charge in [-0.05, 0) is 40.9 Å². The minimum absolute atomic E-state index is 0.0345. The molecule has 0 unspecified atom stereocenters. The van der Waals surface area contributed by atoms with Crippen LogP contribution >= 0.6 is 0 Å². The molecule has 1 aromatic rings. The zero-order valence-electron chi connectivity index (χ0n) is 16.2. The average Bonchev–Trinajstić information content (AvgIpc) is 2.75. The number of amides is 2. The first kappa shape index (κ1) is 17.4. The topological polar surface area (TPSA) is 72.6 Å². The van der Waals surface area contributed by atoms with E-state index in [-0.39, 0.29) is 40.6 Å². The van der Waals surface area contributed by atoms with Crippen molar-refractivity contribution in [2.24, 2.45) is 22.5 Å². The number of rotatable bonds is 1. The van der Waals surface area contributed by atoms with Gasteiger partial charge in [-0.2, -0.15) is 0 Å². The maximum Gasteiger partial charge on any atom is 0.404 e. The average molecular weight is 356 g/mol. The Morgan fingerprint density at radius 3 is 2.62 bits per heavy atom. The molecule has 0 radical (unpaired) electrons. The summed E-state index contributed by atoms with van der Waals surface area (Å²) in [5.74, 6) is 0.0585. The Balaban J connectivity index is 2.03. The van der Waals surface area contributed by atoms with Gasteiger partial charge in [0.2, 0.25) is 5.91 Å². The Morgan fingerprint density at radius 1 is 1.27 bits per heavy atom. The van der Waals surface area contributed by atoms with Crippen LogP contribution in [0.15, 0.2) is 18.2 Å². The van der Waals surface area contributed by atoms with E-state index >= 15 is 0 Å². The normalized spacial score (nSPS) is 33.4. The van der Waals surface area contributed by atoms with Crippen molar-refractivity contribution in [1.29, 1.82) is 0 Å². The molecular weight excluding hydrogens is 328 g/mol. The number of benzene rings is 1. The van der Waals surface area contributed by atoms with E-state index in [1.165, 1.54) is 0 Å². The SMILES string of the molecule is CN1C(=O)[C@H]2c3c(cccc31)[C@H]1[C@@H](OC(N)=O)[C@H](CCC1(C)C)C2(C)C. The molecule has 5 heteroatoms. The van der Waals surface area contributed by atoms with Gasteiger partial charge >= 0.3 is 6.09 Å². The fourth-order valence-corrected chi connectivity index (χ4v) is 5.99. The molecule has 4 atom stereocenters. The smallest absolute Gasteiger partial charge is 0.404 e. The van der Waals surface area contributed by atoms with Gasteiger partial charge < -0.3 is 15.4 Å². The van der Waals surface area contributed by atoms with Crippen LogP contribution in [0.2, 0.25) is 0 Å². The molecule has 2 aliphatic carbocycles. The van der Waals surface area contributed by atoms with Crippen LogP contribution in [0.5, 0.6) is 0 Å². The van der Waals surface area contributed by atoms with E-state index < -0.39 is 6.09 Å². The number of fused-ring (bicyclic) bond motifs is 3. The number of likely N-dealkylation sites (N-methyl/N-ethyl adjacent to an activating group) is 1. The number of ether oxygens (including phenoxy) is 1. The van der Waals surface area contributed by atoms with Gasteiger partial charge in [0.25, 0.3) is 0 Å². The molecule has 0 saturated heterocycles. The Morgan fingerprint density at radius 2 is 1.96 bits per heavy atom. The van der Waals surface area contributed by atoms with Crippen molar-refractivity contribution in [3.8, 4) is 0 Å². The number of hydrogen-bond donors (Lipinski definition) is 1. The molecule has 3 aliphatic rings. The molecule has 1 saturated carbocycles. The number of carbonyl (C=O) groups excluding carboxylic acids is 2. The monoisotopic (exact) mass is 356 g/mol. The number of primary amides is 1. The second-order valence-corrected chi connectivity index (χ2v) is 9.44. The van der Waals surface area contributed by atoms with Crippen LogP contribution in [-0.2, 0) is 9.53 Å². The lowest BCUT2D eigenvalue weighted by molar-refractivity contribution is -0.124. The van der Waals surface area contributed by atoms with Gasteiger partial charge in [-0.25, -0.2) is 4.79 Å². The molecule has 1 aliphatic heterocycles. The molecule has 0 aromatic heterocycles. The number of nitrogens with zero attached hydrogens (tertiary/aromatic N) is 1. The molecule has 2 amide bonds. The van der Waals surface area contributed by atoms with Crippen molar-refractivity contribution in [3.05, 3.63) is 29.3 Å². The van der Waals surface area contributed by atoms with E-state index in [2.05, 4.69) is 33.8 Å². The molecule has 2 bridgehead atoms. The van der Waals surface area contributed by atoms with Crippen molar-refractivity contribution in [2.45, 2.75) is 58.5 Å². The molecule has 2 N–H and O–H groups in total. The van der Waals surface area contributed by atoms with E-state index in [9.17, 15) is 9.59 Å². The van der Waals surface area contributed by atoms with Crippen molar-refractivity contribution < 1.29 is 14.3 Å². The minimum Gasteiger partial charge on any atom is -0.445 e. The first-order chi connectivity index (χ1) is 12.1. The lowest BCUT2D eigenvalue weighted by atomic mass is 9.57. The number of anilines is 1. The number of carbonyl (C=O) groups is 2. The van der Waals surface area contributed by atoms with Gasteiger partial charge in [0.05, 0.1) is 5.92 Å². The zero-order valence-corrected chi connectivity index (χ0v) is 16.2. The quantitative estimate of drug-likeness (QED) is 0.832. The molecule has 1 fully saturated rings. The van der Waals surface area contributed by atoms with E-state index in [1.54, 1.807) is 4.90 Å². The lowest BCUT2D eigenvalue weighted by Gasteiger charge is -2.50. The van der Waals surface area contributed by atoms with Gasteiger partial charge in [0.1, 0.15) is 6.10 Å². The first-order valence-corrected chi connectivity index (χ1v) is 9.44. The summed E-state index contributed by atoms with van der Waals surface area (Å²) < 4.78 is 5.75. The first-order valence-electron chi connectivity index (χ1n) is 9.44. The summed E-state index contributed by atoms with van der Waals surface area (Å²) in [6.07, 6.45) is 0.924. The molecule has 0 spiro atoms. The fraction of sp³-hybridized carbons (Fsp3) is 0.619. The summed E-state index contributed by atoms with van der Waals surface area (Å²) in [6.45, 7) is 8.77. The highest BCUT2D eigenvalue weighted by atomic mass is 16.6. The lowest BCUT2D eigenvalue weighted by Crippen LogP contribution is -2.50. The van der Waals surface area contributed by atoms with Crippen LogP contribution in [-0.4, -0.2) is 25.2 Å². The molecule has 5 nitrogen and oxygen atoms in total. The fourth-order valence-electron chi connectivity index (χ4n) is 5.99. The largest absolute Gasteiger partial charge is 0.445 e. The predicted octanol–water partition coefficient (Wildman–Crippen LogP) is 3.77. The molecule has 140 valence electrons. The number of nitrogens with two attached hydrogens (primary N) is 1. The second kappa shape index (κ2) is 5.24. The minimum atomic E-state index is -0.727. The van der Waals surface area contributed by atoms with Gasteiger partial charge in [-0.3, -0.25) is 4.79 Å². The van der Waals surface area contributed by atoms with Gasteiger partial charge in [-0.1, -0.05) is 39.8 Å². The van der Waals surface area contributed by atoms with E-state index in [0.29, 0.717) is 0 Å². The van der Waals surface area contributed by atoms with Gasteiger partial charge in [0, 0.05) is 24.6 Å². The van der Waals surface area contributed by atoms with Crippen molar-refractivity contribution in [1.82, 2.24) is 0 Å². The third-order valence-corrected chi connectivity index (χ3v) is 7.30. The molecule has 1 heterocycles.